The first kappa shape index (κ1) is 20.1. The number of nitrogens with zero attached hydrogens (tertiary/aromatic N) is 2. The zero-order valence-corrected chi connectivity index (χ0v) is 17.0. The SMILES string of the molecule is Cc1ccc(C)c(-c2nn(CC(O)COCc3ccco3)c(=O)c3ccccc23)c1. The minimum atomic E-state index is -0.877. The number of hydrogen-bond acceptors (Lipinski definition) is 5. The molecule has 2 heterocycles. The molecule has 0 aliphatic heterocycles. The number of aliphatic hydroxyl groups excluding tert-OH is 1. The number of furan rings is 1. The second kappa shape index (κ2) is 8.65. The molecule has 1 atom stereocenters. The molecule has 0 fully saturated rings. The van der Waals surface area contributed by atoms with Crippen molar-refractivity contribution in [2.24, 2.45) is 0 Å². The van der Waals surface area contributed by atoms with E-state index in [4.69, 9.17) is 9.15 Å². The van der Waals surface area contributed by atoms with Crippen LogP contribution in [0.5, 0.6) is 0 Å². The van der Waals surface area contributed by atoms with Crippen molar-refractivity contribution in [1.29, 1.82) is 0 Å². The number of fused-ring (bicyclic) bond motifs is 1. The van der Waals surface area contributed by atoms with Gasteiger partial charge in [-0.15, -0.1) is 0 Å². The Balaban J connectivity index is 1.65. The van der Waals surface area contributed by atoms with Crippen molar-refractivity contribution in [2.45, 2.75) is 33.1 Å². The Kier molecular flexibility index (Phi) is 5.79. The molecular weight excluding hydrogens is 380 g/mol. The van der Waals surface area contributed by atoms with Gasteiger partial charge in [-0.1, -0.05) is 35.9 Å². The van der Waals surface area contributed by atoms with Gasteiger partial charge in [0.1, 0.15) is 12.4 Å². The third kappa shape index (κ3) is 4.20. The molecule has 30 heavy (non-hydrogen) atoms. The van der Waals surface area contributed by atoms with Gasteiger partial charge in [0, 0.05) is 10.9 Å². The molecule has 1 N–H and O–H groups in total. The van der Waals surface area contributed by atoms with E-state index < -0.39 is 6.10 Å². The van der Waals surface area contributed by atoms with Gasteiger partial charge < -0.3 is 14.3 Å². The van der Waals surface area contributed by atoms with Crippen LogP contribution in [-0.4, -0.2) is 27.6 Å². The van der Waals surface area contributed by atoms with Crippen LogP contribution < -0.4 is 5.56 Å². The summed E-state index contributed by atoms with van der Waals surface area (Å²) >= 11 is 0. The second-order valence-corrected chi connectivity index (χ2v) is 7.45. The summed E-state index contributed by atoms with van der Waals surface area (Å²) in [6.07, 6.45) is 0.695. The fourth-order valence-corrected chi connectivity index (χ4v) is 3.49. The topological polar surface area (TPSA) is 77.5 Å². The number of hydrogen-bond donors (Lipinski definition) is 1. The highest BCUT2D eigenvalue weighted by atomic mass is 16.5. The molecule has 4 aromatic rings. The van der Waals surface area contributed by atoms with Crippen molar-refractivity contribution in [3.05, 3.63) is 88.1 Å². The van der Waals surface area contributed by atoms with E-state index in [1.165, 1.54) is 4.68 Å². The molecule has 0 radical (unpaired) electrons. The van der Waals surface area contributed by atoms with Crippen LogP contribution in [0.3, 0.4) is 0 Å². The average Bonchev–Trinajstić information content (AvgIpc) is 3.26. The Morgan fingerprint density at radius 2 is 1.90 bits per heavy atom. The van der Waals surface area contributed by atoms with Gasteiger partial charge in [0.25, 0.3) is 5.56 Å². The Bertz CT molecular complexity index is 1210. The zero-order chi connectivity index (χ0) is 21.1. The summed E-state index contributed by atoms with van der Waals surface area (Å²) in [6.45, 7) is 4.43. The van der Waals surface area contributed by atoms with Crippen molar-refractivity contribution in [3.8, 4) is 11.3 Å². The maximum absolute atomic E-state index is 13.0. The summed E-state index contributed by atoms with van der Waals surface area (Å²) in [4.78, 5) is 13.0. The Morgan fingerprint density at radius 1 is 1.10 bits per heavy atom. The lowest BCUT2D eigenvalue weighted by molar-refractivity contribution is 0.0126. The van der Waals surface area contributed by atoms with E-state index in [0.717, 1.165) is 27.8 Å². The Hall–Kier alpha value is -3.22. The molecule has 0 spiro atoms. The fraction of sp³-hybridized carbons (Fsp3) is 0.250. The molecule has 0 aliphatic rings. The molecule has 4 rings (SSSR count). The first-order chi connectivity index (χ1) is 14.5. The molecule has 6 heteroatoms. The number of ether oxygens (including phenoxy) is 1. The van der Waals surface area contributed by atoms with Gasteiger partial charge in [-0.2, -0.15) is 5.10 Å². The molecular formula is C24H24N2O4. The number of rotatable bonds is 7. The van der Waals surface area contributed by atoms with Crippen LogP contribution in [0.2, 0.25) is 0 Å². The van der Waals surface area contributed by atoms with Crippen molar-refractivity contribution in [2.75, 3.05) is 6.61 Å². The monoisotopic (exact) mass is 404 g/mol. The van der Waals surface area contributed by atoms with Gasteiger partial charge in [0.05, 0.1) is 36.6 Å². The van der Waals surface area contributed by atoms with Crippen LogP contribution in [-0.2, 0) is 17.9 Å². The van der Waals surface area contributed by atoms with E-state index in [0.29, 0.717) is 11.1 Å². The van der Waals surface area contributed by atoms with Gasteiger partial charge in [-0.05, 0) is 43.7 Å². The average molecular weight is 404 g/mol. The number of aromatic nitrogens is 2. The van der Waals surface area contributed by atoms with Crippen LogP contribution in [0.15, 0.2) is 70.1 Å². The molecule has 2 aromatic heterocycles. The third-order valence-electron chi connectivity index (χ3n) is 5.03. The van der Waals surface area contributed by atoms with Gasteiger partial charge in [-0.25, -0.2) is 4.68 Å². The van der Waals surface area contributed by atoms with E-state index in [9.17, 15) is 9.90 Å². The van der Waals surface area contributed by atoms with Gasteiger partial charge >= 0.3 is 0 Å². The molecule has 1 unspecified atom stereocenters. The summed E-state index contributed by atoms with van der Waals surface area (Å²) < 4.78 is 12.0. The fourth-order valence-electron chi connectivity index (χ4n) is 3.49. The van der Waals surface area contributed by atoms with Gasteiger partial charge in [0.2, 0.25) is 0 Å². The zero-order valence-electron chi connectivity index (χ0n) is 17.0. The molecule has 6 nitrogen and oxygen atoms in total. The predicted octanol–water partition coefficient (Wildman–Crippen LogP) is 3.85. The van der Waals surface area contributed by atoms with Gasteiger partial charge in [-0.3, -0.25) is 4.79 Å². The molecule has 0 amide bonds. The van der Waals surface area contributed by atoms with Crippen molar-refractivity contribution < 1.29 is 14.3 Å². The van der Waals surface area contributed by atoms with E-state index in [1.54, 1.807) is 24.5 Å². The molecule has 0 bridgehead atoms. The smallest absolute Gasteiger partial charge is 0.274 e. The summed E-state index contributed by atoms with van der Waals surface area (Å²) in [6, 6.07) is 17.2. The lowest BCUT2D eigenvalue weighted by Gasteiger charge is -2.16. The number of benzene rings is 2. The lowest BCUT2D eigenvalue weighted by Crippen LogP contribution is -2.31. The maximum Gasteiger partial charge on any atom is 0.274 e. The molecule has 0 aliphatic carbocycles. The number of aryl methyl sites for hydroxylation is 2. The normalized spacial score (nSPS) is 12.4. The van der Waals surface area contributed by atoms with E-state index in [-0.39, 0.29) is 25.3 Å². The second-order valence-electron chi connectivity index (χ2n) is 7.45. The highest BCUT2D eigenvalue weighted by Crippen LogP contribution is 2.28. The number of aliphatic hydroxyl groups is 1. The lowest BCUT2D eigenvalue weighted by atomic mass is 9.99. The molecule has 0 saturated heterocycles. The largest absolute Gasteiger partial charge is 0.467 e. The Morgan fingerprint density at radius 3 is 2.67 bits per heavy atom. The van der Waals surface area contributed by atoms with Crippen LogP contribution in [0.4, 0.5) is 0 Å². The van der Waals surface area contributed by atoms with Gasteiger partial charge in [0.15, 0.2) is 0 Å². The van der Waals surface area contributed by atoms with Crippen LogP contribution in [0, 0.1) is 13.8 Å². The molecule has 2 aromatic carbocycles. The first-order valence-electron chi connectivity index (χ1n) is 9.88. The first-order valence-corrected chi connectivity index (χ1v) is 9.88. The maximum atomic E-state index is 13.0. The van der Waals surface area contributed by atoms with E-state index >= 15 is 0 Å². The van der Waals surface area contributed by atoms with Crippen LogP contribution >= 0.6 is 0 Å². The quantitative estimate of drug-likeness (QED) is 0.506. The van der Waals surface area contributed by atoms with Crippen LogP contribution in [0.25, 0.3) is 22.0 Å². The summed E-state index contributed by atoms with van der Waals surface area (Å²) in [7, 11) is 0. The minimum Gasteiger partial charge on any atom is -0.467 e. The Labute approximate surface area is 174 Å². The van der Waals surface area contributed by atoms with Crippen LogP contribution in [0.1, 0.15) is 16.9 Å². The summed E-state index contributed by atoms with van der Waals surface area (Å²) in [5.74, 6) is 0.681. The highest BCUT2D eigenvalue weighted by molar-refractivity contribution is 5.94. The molecule has 154 valence electrons. The standard InChI is InChI=1S/C24H24N2O4/c1-16-9-10-17(2)22(12-16)23-20-7-3-4-8-21(20)24(28)26(25-23)13-18(27)14-29-15-19-6-5-11-30-19/h3-12,18,27H,13-15H2,1-2H3. The van der Waals surface area contributed by atoms with E-state index in [1.807, 2.05) is 38.1 Å². The summed E-state index contributed by atoms with van der Waals surface area (Å²) in [5.41, 5.74) is 3.67. The minimum absolute atomic E-state index is 0.0414. The highest BCUT2D eigenvalue weighted by Gasteiger charge is 2.16. The van der Waals surface area contributed by atoms with Crippen molar-refractivity contribution in [1.82, 2.24) is 9.78 Å². The van der Waals surface area contributed by atoms with Crippen molar-refractivity contribution in [3.63, 3.8) is 0 Å². The van der Waals surface area contributed by atoms with Crippen molar-refractivity contribution >= 4 is 10.8 Å². The molecule has 0 saturated carbocycles. The van der Waals surface area contributed by atoms with E-state index in [2.05, 4.69) is 17.2 Å². The third-order valence-corrected chi connectivity index (χ3v) is 5.03. The predicted molar refractivity (Wildman–Crippen MR) is 115 cm³/mol. The summed E-state index contributed by atoms with van der Waals surface area (Å²) in [5, 5.41) is 16.5.